The summed E-state index contributed by atoms with van der Waals surface area (Å²) in [5, 5.41) is 9.61. The van der Waals surface area contributed by atoms with Crippen LogP contribution in [0.5, 0.6) is 0 Å². The van der Waals surface area contributed by atoms with E-state index in [2.05, 4.69) is 44.7 Å². The number of aromatic nitrogens is 2. The van der Waals surface area contributed by atoms with Crippen LogP contribution < -0.4 is 10.2 Å². The van der Waals surface area contributed by atoms with Gasteiger partial charge in [0.05, 0.1) is 12.2 Å². The third kappa shape index (κ3) is 4.34. The zero-order chi connectivity index (χ0) is 15.2. The van der Waals surface area contributed by atoms with Crippen molar-refractivity contribution in [3.63, 3.8) is 0 Å². The van der Waals surface area contributed by atoms with E-state index in [4.69, 9.17) is 0 Å². The number of nitrogens with zero attached hydrogens (tertiary/aromatic N) is 2. The van der Waals surface area contributed by atoms with Crippen LogP contribution in [0.15, 0.2) is 36.7 Å². The van der Waals surface area contributed by atoms with Gasteiger partial charge in [-0.05, 0) is 31.0 Å². The minimum atomic E-state index is -0.0210. The molecule has 1 heterocycles. The first-order chi connectivity index (χ1) is 10.1. The van der Waals surface area contributed by atoms with Gasteiger partial charge in [-0.15, -0.1) is 0 Å². The van der Waals surface area contributed by atoms with Crippen molar-refractivity contribution in [3.05, 3.63) is 47.8 Å². The molecule has 0 aliphatic heterocycles. The Kier molecular flexibility index (Phi) is 4.98. The van der Waals surface area contributed by atoms with E-state index in [1.807, 2.05) is 21.0 Å². The molecule has 0 fully saturated rings. The lowest BCUT2D eigenvalue weighted by Gasteiger charge is -2.13. The normalized spacial score (nSPS) is 12.0. The van der Waals surface area contributed by atoms with Gasteiger partial charge >= 0.3 is 0 Å². The van der Waals surface area contributed by atoms with Gasteiger partial charge in [-0.1, -0.05) is 12.1 Å². The highest BCUT2D eigenvalue weighted by Gasteiger charge is 2.10. The zero-order valence-corrected chi connectivity index (χ0v) is 12.8. The van der Waals surface area contributed by atoms with E-state index in [1.165, 1.54) is 5.56 Å². The Morgan fingerprint density at radius 3 is 2.62 bits per heavy atom. The molecule has 0 aliphatic rings. The van der Waals surface area contributed by atoms with Crippen LogP contribution in [0.4, 0.5) is 5.69 Å². The molecule has 0 radical (unpaired) electrons. The number of nitrogens with one attached hydrogen (secondary N) is 2. The molecule has 0 aliphatic carbocycles. The molecule has 0 spiro atoms. The van der Waals surface area contributed by atoms with Gasteiger partial charge in [-0.3, -0.25) is 9.89 Å². The number of amides is 1. The molecule has 2 rings (SSSR count). The summed E-state index contributed by atoms with van der Waals surface area (Å²) in [5.41, 5.74) is 3.32. The van der Waals surface area contributed by atoms with Crippen molar-refractivity contribution in [1.82, 2.24) is 15.5 Å². The molecular formula is C16H22N4O. The number of hydrogen-bond acceptors (Lipinski definition) is 3. The summed E-state index contributed by atoms with van der Waals surface area (Å²) in [6.07, 6.45) is 4.76. The van der Waals surface area contributed by atoms with Crippen LogP contribution in [0.1, 0.15) is 30.5 Å². The van der Waals surface area contributed by atoms with Gasteiger partial charge < -0.3 is 10.2 Å². The molecule has 1 atom stereocenters. The molecule has 1 amide bonds. The number of H-pyrrole nitrogens is 1. The van der Waals surface area contributed by atoms with Gasteiger partial charge in [0, 0.05) is 38.0 Å². The third-order valence-electron chi connectivity index (χ3n) is 3.49. The molecule has 1 aromatic carbocycles. The van der Waals surface area contributed by atoms with Gasteiger partial charge in [0.15, 0.2) is 0 Å². The maximum atomic E-state index is 11.9. The average molecular weight is 286 g/mol. The van der Waals surface area contributed by atoms with E-state index < -0.39 is 0 Å². The molecule has 112 valence electrons. The Balaban J connectivity index is 1.81. The van der Waals surface area contributed by atoms with Gasteiger partial charge in [-0.2, -0.15) is 5.10 Å². The number of rotatable bonds is 6. The Labute approximate surface area is 125 Å². The first-order valence-corrected chi connectivity index (χ1v) is 7.10. The number of aryl methyl sites for hydroxylation is 1. The van der Waals surface area contributed by atoms with Crippen molar-refractivity contribution in [3.8, 4) is 0 Å². The maximum absolute atomic E-state index is 11.9. The summed E-state index contributed by atoms with van der Waals surface area (Å²) in [7, 11) is 4.03. The van der Waals surface area contributed by atoms with E-state index in [0.29, 0.717) is 6.42 Å². The first kappa shape index (κ1) is 15.1. The van der Waals surface area contributed by atoms with Crippen LogP contribution in [-0.2, 0) is 11.2 Å². The minimum absolute atomic E-state index is 0.0210. The second-order valence-electron chi connectivity index (χ2n) is 5.38. The molecule has 0 saturated carbocycles. The summed E-state index contributed by atoms with van der Waals surface area (Å²) in [5.74, 6) is 0.0559. The number of benzene rings is 1. The Morgan fingerprint density at radius 2 is 2.05 bits per heavy atom. The van der Waals surface area contributed by atoms with Gasteiger partial charge in [0.1, 0.15) is 0 Å². The fourth-order valence-electron chi connectivity index (χ4n) is 2.11. The molecule has 0 bridgehead atoms. The highest BCUT2D eigenvalue weighted by atomic mass is 16.1. The van der Waals surface area contributed by atoms with Crippen LogP contribution in [0, 0.1) is 0 Å². The third-order valence-corrected chi connectivity index (χ3v) is 3.49. The lowest BCUT2D eigenvalue weighted by molar-refractivity contribution is -0.121. The van der Waals surface area contributed by atoms with Crippen molar-refractivity contribution in [2.75, 3.05) is 19.0 Å². The average Bonchev–Trinajstić information content (AvgIpc) is 3.00. The molecule has 0 saturated heterocycles. The van der Waals surface area contributed by atoms with Gasteiger partial charge in [0.2, 0.25) is 5.91 Å². The predicted molar refractivity (Wildman–Crippen MR) is 84.2 cm³/mol. The number of aromatic amines is 1. The summed E-state index contributed by atoms with van der Waals surface area (Å²) in [6.45, 7) is 1.95. The molecule has 21 heavy (non-hydrogen) atoms. The monoisotopic (exact) mass is 286 g/mol. The quantitative estimate of drug-likeness (QED) is 0.856. The molecule has 5 nitrogen and oxygen atoms in total. The summed E-state index contributed by atoms with van der Waals surface area (Å²) in [6, 6.07) is 8.26. The van der Waals surface area contributed by atoms with Crippen LogP contribution in [-0.4, -0.2) is 30.2 Å². The topological polar surface area (TPSA) is 61.0 Å². The van der Waals surface area contributed by atoms with Gasteiger partial charge in [0.25, 0.3) is 0 Å². The second-order valence-corrected chi connectivity index (χ2v) is 5.38. The Morgan fingerprint density at radius 1 is 1.33 bits per heavy atom. The van der Waals surface area contributed by atoms with Crippen molar-refractivity contribution < 1.29 is 4.79 Å². The number of carbonyl (C=O) groups is 1. The number of carbonyl (C=O) groups excluding carboxylic acids is 1. The minimum Gasteiger partial charge on any atom is -0.378 e. The van der Waals surface area contributed by atoms with E-state index in [-0.39, 0.29) is 11.9 Å². The Bertz CT molecular complexity index is 560. The lowest BCUT2D eigenvalue weighted by Crippen LogP contribution is -2.26. The van der Waals surface area contributed by atoms with E-state index in [9.17, 15) is 4.79 Å². The van der Waals surface area contributed by atoms with Crippen molar-refractivity contribution in [2.24, 2.45) is 0 Å². The van der Waals surface area contributed by atoms with Crippen LogP contribution in [0.3, 0.4) is 0 Å². The van der Waals surface area contributed by atoms with E-state index in [1.54, 1.807) is 12.4 Å². The smallest absolute Gasteiger partial charge is 0.220 e. The second kappa shape index (κ2) is 6.92. The molecule has 5 heteroatoms. The summed E-state index contributed by atoms with van der Waals surface area (Å²) in [4.78, 5) is 14.0. The largest absolute Gasteiger partial charge is 0.378 e. The molecule has 1 aromatic heterocycles. The molecule has 1 unspecified atom stereocenters. The van der Waals surface area contributed by atoms with Crippen molar-refractivity contribution >= 4 is 11.6 Å². The number of hydrogen-bond donors (Lipinski definition) is 2. The molecule has 2 aromatic rings. The highest BCUT2D eigenvalue weighted by Crippen LogP contribution is 2.14. The highest BCUT2D eigenvalue weighted by molar-refractivity contribution is 5.76. The standard InChI is InChI=1S/C16H22N4O/c1-12(14-10-17-18-11-14)19-16(21)9-6-13-4-7-15(8-5-13)20(2)3/h4-5,7-8,10-12H,6,9H2,1-3H3,(H,17,18)(H,19,21). The lowest BCUT2D eigenvalue weighted by atomic mass is 10.1. The first-order valence-electron chi connectivity index (χ1n) is 7.10. The van der Waals surface area contributed by atoms with Crippen LogP contribution in [0.25, 0.3) is 0 Å². The SMILES string of the molecule is CC(NC(=O)CCc1ccc(N(C)C)cc1)c1cn[nH]c1. The van der Waals surface area contributed by atoms with Gasteiger partial charge in [-0.25, -0.2) is 0 Å². The fraction of sp³-hybridized carbons (Fsp3) is 0.375. The summed E-state index contributed by atoms with van der Waals surface area (Å²) < 4.78 is 0. The zero-order valence-electron chi connectivity index (χ0n) is 12.8. The number of anilines is 1. The van der Waals surface area contributed by atoms with E-state index >= 15 is 0 Å². The fourth-order valence-corrected chi connectivity index (χ4v) is 2.11. The predicted octanol–water partition coefficient (Wildman–Crippen LogP) is 2.29. The maximum Gasteiger partial charge on any atom is 0.220 e. The molecule has 2 N–H and O–H groups in total. The Hall–Kier alpha value is -2.30. The van der Waals surface area contributed by atoms with Crippen LogP contribution in [0.2, 0.25) is 0 Å². The van der Waals surface area contributed by atoms with Crippen LogP contribution >= 0.6 is 0 Å². The molecular weight excluding hydrogens is 264 g/mol. The van der Waals surface area contributed by atoms with Crippen molar-refractivity contribution in [2.45, 2.75) is 25.8 Å². The van der Waals surface area contributed by atoms with Crippen molar-refractivity contribution in [1.29, 1.82) is 0 Å². The summed E-state index contributed by atoms with van der Waals surface area (Å²) >= 11 is 0. The van der Waals surface area contributed by atoms with E-state index in [0.717, 1.165) is 17.7 Å².